The molecular formula is C9H15NO2. The molecule has 1 rings (SSSR count). The van der Waals surface area contributed by atoms with Crippen LogP contribution in [0.25, 0.3) is 0 Å². The topological polar surface area (TPSA) is 40.5 Å². The summed E-state index contributed by atoms with van der Waals surface area (Å²) in [6, 6.07) is 0.0178. The Labute approximate surface area is 72.7 Å². The van der Waals surface area contributed by atoms with E-state index in [4.69, 9.17) is 5.11 Å². The highest BCUT2D eigenvalue weighted by atomic mass is 16.3. The molecule has 0 aliphatic carbocycles. The third-order valence-corrected chi connectivity index (χ3v) is 2.30. The first-order valence-electron chi connectivity index (χ1n) is 4.33. The zero-order valence-electron chi connectivity index (χ0n) is 7.20. The maximum Gasteiger partial charge on any atom is 0.246 e. The predicted octanol–water partition coefficient (Wildman–Crippen LogP) is 0.546. The lowest BCUT2D eigenvalue weighted by Gasteiger charge is -2.33. The van der Waals surface area contributed by atoms with E-state index < -0.39 is 0 Å². The Balaban J connectivity index is 2.58. The lowest BCUT2D eigenvalue weighted by Crippen LogP contribution is -2.44. The summed E-state index contributed by atoms with van der Waals surface area (Å²) in [4.78, 5) is 12.9. The number of amides is 1. The first-order valence-corrected chi connectivity index (χ1v) is 4.33. The van der Waals surface area contributed by atoms with Gasteiger partial charge >= 0.3 is 0 Å². The van der Waals surface area contributed by atoms with E-state index in [9.17, 15) is 4.79 Å². The average molecular weight is 169 g/mol. The van der Waals surface area contributed by atoms with Gasteiger partial charge in [0, 0.05) is 6.54 Å². The normalized spacial score (nSPS) is 23.8. The molecule has 0 aromatic heterocycles. The van der Waals surface area contributed by atoms with E-state index >= 15 is 0 Å². The molecule has 1 N–H and O–H groups in total. The Morgan fingerprint density at radius 3 is 3.00 bits per heavy atom. The second-order valence-electron chi connectivity index (χ2n) is 3.07. The van der Waals surface area contributed by atoms with Gasteiger partial charge in [-0.2, -0.15) is 0 Å². The molecule has 0 spiro atoms. The lowest BCUT2D eigenvalue weighted by molar-refractivity contribution is -0.130. The van der Waals surface area contributed by atoms with Crippen molar-refractivity contribution >= 4 is 5.91 Å². The zero-order valence-corrected chi connectivity index (χ0v) is 7.20. The molecule has 68 valence electrons. The molecule has 1 saturated heterocycles. The van der Waals surface area contributed by atoms with Crippen LogP contribution in [0.15, 0.2) is 12.7 Å². The number of nitrogens with zero attached hydrogens (tertiary/aromatic N) is 1. The molecule has 12 heavy (non-hydrogen) atoms. The molecule has 0 radical (unpaired) electrons. The van der Waals surface area contributed by atoms with Crippen LogP contribution in [-0.2, 0) is 4.79 Å². The van der Waals surface area contributed by atoms with Gasteiger partial charge in [0.15, 0.2) is 0 Å². The largest absolute Gasteiger partial charge is 0.394 e. The van der Waals surface area contributed by atoms with Gasteiger partial charge in [-0.15, -0.1) is 0 Å². The molecule has 1 unspecified atom stereocenters. The Hall–Kier alpha value is -0.830. The van der Waals surface area contributed by atoms with Crippen LogP contribution >= 0.6 is 0 Å². The van der Waals surface area contributed by atoms with E-state index in [1.54, 1.807) is 4.90 Å². The average Bonchev–Trinajstić information content (AvgIpc) is 2.16. The molecule has 1 amide bonds. The number of carbonyl (C=O) groups excluding carboxylic acids is 1. The van der Waals surface area contributed by atoms with E-state index in [0.29, 0.717) is 0 Å². The number of hydrogen-bond acceptors (Lipinski definition) is 2. The van der Waals surface area contributed by atoms with E-state index in [-0.39, 0.29) is 18.6 Å². The third kappa shape index (κ3) is 1.85. The monoisotopic (exact) mass is 169 g/mol. The summed E-state index contributed by atoms with van der Waals surface area (Å²) in [5.74, 6) is -0.0613. The van der Waals surface area contributed by atoms with Crippen molar-refractivity contribution in [3.8, 4) is 0 Å². The molecule has 1 atom stereocenters. The molecule has 3 heteroatoms. The number of hydrogen-bond donors (Lipinski definition) is 1. The maximum atomic E-state index is 11.2. The van der Waals surface area contributed by atoms with Crippen molar-refractivity contribution in [2.75, 3.05) is 13.2 Å². The fraction of sp³-hybridized carbons (Fsp3) is 0.667. The van der Waals surface area contributed by atoms with Crippen molar-refractivity contribution in [3.63, 3.8) is 0 Å². The van der Waals surface area contributed by atoms with Gasteiger partial charge in [-0.25, -0.2) is 0 Å². The SMILES string of the molecule is C=CC(=O)N1CCCCC1CO. The first kappa shape index (κ1) is 9.26. The molecular weight excluding hydrogens is 154 g/mol. The summed E-state index contributed by atoms with van der Waals surface area (Å²) in [5, 5.41) is 8.98. The Morgan fingerprint density at radius 2 is 2.42 bits per heavy atom. The van der Waals surface area contributed by atoms with Crippen LogP contribution in [0.2, 0.25) is 0 Å². The fourth-order valence-electron chi connectivity index (χ4n) is 1.60. The van der Waals surface area contributed by atoms with Crippen molar-refractivity contribution in [1.82, 2.24) is 4.90 Å². The van der Waals surface area contributed by atoms with Crippen LogP contribution in [0.1, 0.15) is 19.3 Å². The van der Waals surface area contributed by atoms with Gasteiger partial charge in [0.1, 0.15) is 0 Å². The highest BCUT2D eigenvalue weighted by Crippen LogP contribution is 2.16. The summed E-state index contributed by atoms with van der Waals surface area (Å²) in [7, 11) is 0. The summed E-state index contributed by atoms with van der Waals surface area (Å²) in [6.45, 7) is 4.26. The van der Waals surface area contributed by atoms with Crippen molar-refractivity contribution in [2.45, 2.75) is 25.3 Å². The van der Waals surface area contributed by atoms with Gasteiger partial charge in [-0.05, 0) is 25.3 Å². The van der Waals surface area contributed by atoms with Crippen molar-refractivity contribution in [1.29, 1.82) is 0 Å². The second kappa shape index (κ2) is 4.26. The van der Waals surface area contributed by atoms with Gasteiger partial charge in [0.2, 0.25) is 5.91 Å². The van der Waals surface area contributed by atoms with Gasteiger partial charge in [-0.1, -0.05) is 6.58 Å². The van der Waals surface area contributed by atoms with Crippen LogP contribution in [-0.4, -0.2) is 35.1 Å². The van der Waals surface area contributed by atoms with Crippen LogP contribution in [0, 0.1) is 0 Å². The van der Waals surface area contributed by atoms with Gasteiger partial charge < -0.3 is 10.0 Å². The highest BCUT2D eigenvalue weighted by Gasteiger charge is 2.23. The Kier molecular flexibility index (Phi) is 3.29. The minimum absolute atomic E-state index is 0.0178. The molecule has 0 aromatic rings. The molecule has 1 fully saturated rings. The first-order chi connectivity index (χ1) is 5.79. The number of likely N-dealkylation sites (tertiary alicyclic amines) is 1. The molecule has 0 saturated carbocycles. The zero-order chi connectivity index (χ0) is 8.97. The Bertz CT molecular complexity index is 179. The standard InChI is InChI=1S/C9H15NO2/c1-2-9(12)10-6-4-3-5-8(10)7-11/h2,8,11H,1,3-7H2. The van der Waals surface area contributed by atoms with E-state index in [0.717, 1.165) is 25.8 Å². The second-order valence-corrected chi connectivity index (χ2v) is 3.07. The third-order valence-electron chi connectivity index (χ3n) is 2.30. The maximum absolute atomic E-state index is 11.2. The van der Waals surface area contributed by atoms with Crippen LogP contribution < -0.4 is 0 Å². The van der Waals surface area contributed by atoms with Crippen molar-refractivity contribution < 1.29 is 9.90 Å². The summed E-state index contributed by atoms with van der Waals surface area (Å²) >= 11 is 0. The number of piperidine rings is 1. The van der Waals surface area contributed by atoms with E-state index in [1.807, 2.05) is 0 Å². The van der Waals surface area contributed by atoms with Gasteiger partial charge in [0.05, 0.1) is 12.6 Å². The molecule has 0 aromatic carbocycles. The van der Waals surface area contributed by atoms with Crippen LogP contribution in [0.3, 0.4) is 0 Å². The number of rotatable bonds is 2. The van der Waals surface area contributed by atoms with Gasteiger partial charge in [0.25, 0.3) is 0 Å². The molecule has 0 bridgehead atoms. The van der Waals surface area contributed by atoms with Gasteiger partial charge in [-0.3, -0.25) is 4.79 Å². The summed E-state index contributed by atoms with van der Waals surface area (Å²) in [5.41, 5.74) is 0. The van der Waals surface area contributed by atoms with Crippen molar-refractivity contribution in [2.24, 2.45) is 0 Å². The van der Waals surface area contributed by atoms with Crippen LogP contribution in [0.5, 0.6) is 0 Å². The number of aliphatic hydroxyl groups is 1. The Morgan fingerprint density at radius 1 is 1.67 bits per heavy atom. The smallest absolute Gasteiger partial charge is 0.246 e. The summed E-state index contributed by atoms with van der Waals surface area (Å²) in [6.07, 6.45) is 4.37. The number of carbonyl (C=O) groups is 1. The molecule has 1 aliphatic heterocycles. The minimum atomic E-state index is -0.0613. The van der Waals surface area contributed by atoms with E-state index in [1.165, 1.54) is 6.08 Å². The molecule has 1 aliphatic rings. The lowest BCUT2D eigenvalue weighted by atomic mass is 10.0. The fourth-order valence-corrected chi connectivity index (χ4v) is 1.60. The quantitative estimate of drug-likeness (QED) is 0.613. The summed E-state index contributed by atoms with van der Waals surface area (Å²) < 4.78 is 0. The molecule has 3 nitrogen and oxygen atoms in total. The van der Waals surface area contributed by atoms with Crippen LogP contribution in [0.4, 0.5) is 0 Å². The predicted molar refractivity (Wildman–Crippen MR) is 46.6 cm³/mol. The van der Waals surface area contributed by atoms with Crippen molar-refractivity contribution in [3.05, 3.63) is 12.7 Å². The minimum Gasteiger partial charge on any atom is -0.394 e. The number of aliphatic hydroxyl groups excluding tert-OH is 1. The molecule has 1 heterocycles. The van der Waals surface area contributed by atoms with E-state index in [2.05, 4.69) is 6.58 Å². The highest BCUT2D eigenvalue weighted by molar-refractivity contribution is 5.87.